The first-order valence-corrected chi connectivity index (χ1v) is 9.07. The van der Waals surface area contributed by atoms with E-state index in [0.717, 1.165) is 5.69 Å². The molecule has 0 spiro atoms. The Morgan fingerprint density at radius 1 is 1.12 bits per heavy atom. The number of carbonyl (C=O) groups is 2. The first-order chi connectivity index (χ1) is 11.9. The van der Waals surface area contributed by atoms with Gasteiger partial charge in [0.25, 0.3) is 5.91 Å². The Kier molecular flexibility index (Phi) is 7.48. The van der Waals surface area contributed by atoms with Crippen LogP contribution in [0.4, 0.5) is 11.4 Å². The summed E-state index contributed by atoms with van der Waals surface area (Å²) in [5, 5.41) is 6.01. The summed E-state index contributed by atoms with van der Waals surface area (Å²) in [7, 11) is 0. The Morgan fingerprint density at radius 3 is 2.15 bits per heavy atom. The largest absolute Gasteiger partial charge is 0.459 e. The van der Waals surface area contributed by atoms with Crippen LogP contribution in [0.5, 0.6) is 0 Å². The second-order valence-corrected chi connectivity index (χ2v) is 8.23. The lowest BCUT2D eigenvalue weighted by Crippen LogP contribution is -2.34. The predicted octanol–water partition coefficient (Wildman–Crippen LogP) is 3.43. The van der Waals surface area contributed by atoms with Crippen LogP contribution in [-0.4, -0.2) is 30.1 Å². The predicted molar refractivity (Wildman–Crippen MR) is 106 cm³/mol. The molecule has 0 aliphatic heterocycles. The average molecular weight is 364 g/mol. The van der Waals surface area contributed by atoms with Crippen LogP contribution < -0.4 is 16.4 Å². The van der Waals surface area contributed by atoms with Crippen molar-refractivity contribution in [3.63, 3.8) is 0 Å². The Bertz CT molecular complexity index is 626. The number of esters is 1. The normalized spacial score (nSPS) is 11.8. The van der Waals surface area contributed by atoms with Crippen molar-refractivity contribution in [1.29, 1.82) is 0 Å². The smallest absolute Gasteiger partial charge is 0.325 e. The molecule has 1 rings (SSSR count). The number of ether oxygens (including phenoxy) is 1. The van der Waals surface area contributed by atoms with Gasteiger partial charge in [0.1, 0.15) is 12.1 Å². The maximum absolute atomic E-state index is 12.2. The molecule has 0 unspecified atom stereocenters. The third kappa shape index (κ3) is 6.94. The van der Waals surface area contributed by atoms with E-state index in [1.807, 2.05) is 0 Å². The van der Waals surface area contributed by atoms with Crippen molar-refractivity contribution in [2.75, 3.05) is 17.6 Å². The van der Waals surface area contributed by atoms with E-state index in [0.29, 0.717) is 23.1 Å². The molecule has 6 heteroatoms. The van der Waals surface area contributed by atoms with Crippen molar-refractivity contribution >= 4 is 23.3 Å². The van der Waals surface area contributed by atoms with Gasteiger partial charge in [-0.3, -0.25) is 9.59 Å². The van der Waals surface area contributed by atoms with Crippen LogP contribution >= 0.6 is 0 Å². The molecule has 0 aliphatic carbocycles. The van der Waals surface area contributed by atoms with Crippen molar-refractivity contribution in [3.05, 3.63) is 23.8 Å². The van der Waals surface area contributed by atoms with Crippen LogP contribution in [0.3, 0.4) is 0 Å². The number of hydrogen-bond acceptors (Lipinski definition) is 5. The van der Waals surface area contributed by atoms with Gasteiger partial charge in [-0.15, -0.1) is 0 Å². The number of carbonyl (C=O) groups excluding carboxylic acids is 2. The van der Waals surface area contributed by atoms with Crippen molar-refractivity contribution in [2.24, 2.45) is 11.8 Å². The summed E-state index contributed by atoms with van der Waals surface area (Å²) < 4.78 is 5.17. The molecule has 1 aromatic rings. The molecular formula is C20H33N3O3. The molecule has 0 saturated carbocycles. The molecule has 4 N–H and O–H groups in total. The first-order valence-electron chi connectivity index (χ1n) is 9.07. The fraction of sp³-hybridized carbons (Fsp3) is 0.600. The van der Waals surface area contributed by atoms with E-state index in [2.05, 4.69) is 38.3 Å². The van der Waals surface area contributed by atoms with E-state index >= 15 is 0 Å². The van der Waals surface area contributed by atoms with Gasteiger partial charge in [0.05, 0.1) is 11.4 Å². The minimum Gasteiger partial charge on any atom is -0.459 e. The molecule has 0 aliphatic rings. The molecule has 0 saturated heterocycles. The van der Waals surface area contributed by atoms with Crippen LogP contribution in [0.15, 0.2) is 18.2 Å². The molecule has 146 valence electrons. The zero-order chi connectivity index (χ0) is 20.1. The molecule has 0 fully saturated rings. The van der Waals surface area contributed by atoms with Crippen LogP contribution in [0.2, 0.25) is 0 Å². The van der Waals surface area contributed by atoms with Gasteiger partial charge in [0.2, 0.25) is 0 Å². The zero-order valence-electron chi connectivity index (χ0n) is 17.0. The second kappa shape index (κ2) is 8.92. The van der Waals surface area contributed by atoms with Gasteiger partial charge in [0.15, 0.2) is 0 Å². The van der Waals surface area contributed by atoms with E-state index in [1.165, 1.54) is 0 Å². The lowest BCUT2D eigenvalue weighted by molar-refractivity contribution is -0.153. The maximum Gasteiger partial charge on any atom is 0.325 e. The molecule has 1 aromatic carbocycles. The van der Waals surface area contributed by atoms with Gasteiger partial charge >= 0.3 is 5.97 Å². The van der Waals surface area contributed by atoms with E-state index in [1.54, 1.807) is 39.0 Å². The Balaban J connectivity index is 2.74. The third-order valence-electron chi connectivity index (χ3n) is 3.89. The third-order valence-corrected chi connectivity index (χ3v) is 3.89. The Labute approximate surface area is 156 Å². The van der Waals surface area contributed by atoms with Crippen LogP contribution in [-0.2, 0) is 9.53 Å². The minimum absolute atomic E-state index is 0.182. The van der Waals surface area contributed by atoms with Gasteiger partial charge in [0, 0.05) is 11.6 Å². The summed E-state index contributed by atoms with van der Waals surface area (Å²) in [5.74, 6) is 0.0598. The highest BCUT2D eigenvalue weighted by Crippen LogP contribution is 2.25. The van der Waals surface area contributed by atoms with Crippen molar-refractivity contribution < 1.29 is 14.3 Å². The summed E-state index contributed by atoms with van der Waals surface area (Å²) in [5.41, 5.74) is 7.24. The topological polar surface area (TPSA) is 93.5 Å². The SMILES string of the molecule is CC(C)C(Nc1ccc(C(=O)NCC(=O)OC(C)(C)C)cc1N)C(C)C. The van der Waals surface area contributed by atoms with Crippen molar-refractivity contribution in [2.45, 2.75) is 60.1 Å². The molecular weight excluding hydrogens is 330 g/mol. The Morgan fingerprint density at radius 2 is 1.69 bits per heavy atom. The Hall–Kier alpha value is -2.24. The summed E-state index contributed by atoms with van der Waals surface area (Å²) in [4.78, 5) is 23.9. The van der Waals surface area contributed by atoms with E-state index in [9.17, 15) is 9.59 Å². The number of hydrogen-bond donors (Lipinski definition) is 3. The lowest BCUT2D eigenvalue weighted by Gasteiger charge is -2.28. The maximum atomic E-state index is 12.2. The fourth-order valence-corrected chi connectivity index (χ4v) is 2.75. The lowest BCUT2D eigenvalue weighted by atomic mass is 9.93. The number of benzene rings is 1. The minimum atomic E-state index is -0.580. The van der Waals surface area contributed by atoms with Gasteiger partial charge in [-0.1, -0.05) is 27.7 Å². The second-order valence-electron chi connectivity index (χ2n) is 8.23. The van der Waals surface area contributed by atoms with Gasteiger partial charge < -0.3 is 21.1 Å². The monoisotopic (exact) mass is 363 g/mol. The first kappa shape index (κ1) is 21.8. The van der Waals surface area contributed by atoms with Gasteiger partial charge in [-0.05, 0) is 50.8 Å². The molecule has 0 bridgehead atoms. The quantitative estimate of drug-likeness (QED) is 0.510. The standard InChI is InChI=1S/C20H33N3O3/c1-12(2)18(13(3)4)23-16-9-8-14(10-15(16)21)19(25)22-11-17(24)26-20(5,6)7/h8-10,12-13,18,23H,11,21H2,1-7H3,(H,22,25). The highest BCUT2D eigenvalue weighted by Gasteiger charge is 2.19. The van der Waals surface area contributed by atoms with Crippen LogP contribution in [0.25, 0.3) is 0 Å². The zero-order valence-corrected chi connectivity index (χ0v) is 17.0. The summed E-state index contributed by atoms with van der Waals surface area (Å²) in [6.07, 6.45) is 0. The number of nitrogen functional groups attached to an aromatic ring is 1. The van der Waals surface area contributed by atoms with Gasteiger partial charge in [-0.25, -0.2) is 0 Å². The van der Waals surface area contributed by atoms with Crippen LogP contribution in [0, 0.1) is 11.8 Å². The molecule has 0 aromatic heterocycles. The summed E-state index contributed by atoms with van der Waals surface area (Å²) >= 11 is 0. The molecule has 0 atom stereocenters. The fourth-order valence-electron chi connectivity index (χ4n) is 2.75. The van der Waals surface area contributed by atoms with E-state index < -0.39 is 11.6 Å². The summed E-state index contributed by atoms with van der Waals surface area (Å²) in [6.45, 7) is 13.8. The van der Waals surface area contributed by atoms with Crippen molar-refractivity contribution in [1.82, 2.24) is 5.32 Å². The van der Waals surface area contributed by atoms with E-state index in [-0.39, 0.29) is 18.5 Å². The van der Waals surface area contributed by atoms with Gasteiger partial charge in [-0.2, -0.15) is 0 Å². The highest BCUT2D eigenvalue weighted by atomic mass is 16.6. The number of rotatable bonds is 7. The number of anilines is 2. The molecule has 26 heavy (non-hydrogen) atoms. The summed E-state index contributed by atoms with van der Waals surface area (Å²) in [6, 6.07) is 5.39. The average Bonchev–Trinajstić information content (AvgIpc) is 2.48. The number of nitrogens with two attached hydrogens (primary N) is 1. The molecule has 0 heterocycles. The molecule has 0 radical (unpaired) electrons. The van der Waals surface area contributed by atoms with E-state index in [4.69, 9.17) is 10.5 Å². The number of nitrogens with one attached hydrogen (secondary N) is 2. The van der Waals surface area contributed by atoms with Crippen LogP contribution in [0.1, 0.15) is 58.8 Å². The molecule has 1 amide bonds. The highest BCUT2D eigenvalue weighted by molar-refractivity contribution is 5.97. The number of amides is 1. The molecule has 6 nitrogen and oxygen atoms in total. The van der Waals surface area contributed by atoms with Crippen molar-refractivity contribution in [3.8, 4) is 0 Å².